The van der Waals surface area contributed by atoms with Crippen LogP contribution in [-0.2, 0) is 0 Å². The maximum Gasteiger partial charge on any atom is 0.0406 e. The van der Waals surface area contributed by atoms with Crippen LogP contribution in [-0.4, -0.2) is 31.6 Å². The van der Waals surface area contributed by atoms with Gasteiger partial charge in [0.15, 0.2) is 0 Å². The fraction of sp³-hybridized carbons (Fsp3) is 0.625. The predicted molar refractivity (Wildman–Crippen MR) is 84.8 cm³/mol. The third kappa shape index (κ3) is 5.13. The Morgan fingerprint density at radius 3 is 2.16 bits per heavy atom. The molecule has 19 heavy (non-hydrogen) atoms. The van der Waals surface area contributed by atoms with Crippen LogP contribution in [0.4, 0.5) is 0 Å². The summed E-state index contributed by atoms with van der Waals surface area (Å²) < 4.78 is 0. The summed E-state index contributed by atoms with van der Waals surface area (Å²) in [7, 11) is 4.30. The molecule has 1 aromatic carbocycles. The molecule has 2 unspecified atom stereocenters. The molecule has 1 N–H and O–H groups in total. The molecule has 0 aliphatic carbocycles. The van der Waals surface area contributed by atoms with Gasteiger partial charge in [-0.1, -0.05) is 44.5 Å². The molecule has 2 atom stereocenters. The third-order valence-electron chi connectivity index (χ3n) is 3.69. The number of hydrogen-bond acceptors (Lipinski definition) is 2. The van der Waals surface area contributed by atoms with E-state index in [0.29, 0.717) is 18.0 Å². The maximum absolute atomic E-state index is 5.94. The second-order valence-electron chi connectivity index (χ2n) is 5.70. The largest absolute Gasteiger partial charge is 0.308 e. The SMILES string of the molecule is CCC(NCC(C(C)C)N(C)C)c1ccc(Cl)cc1. The smallest absolute Gasteiger partial charge is 0.0406 e. The van der Waals surface area contributed by atoms with Gasteiger partial charge in [-0.3, -0.25) is 0 Å². The Bertz CT molecular complexity index is 352. The van der Waals surface area contributed by atoms with E-state index in [1.54, 1.807) is 0 Å². The molecule has 0 saturated heterocycles. The van der Waals surface area contributed by atoms with E-state index >= 15 is 0 Å². The van der Waals surface area contributed by atoms with Crippen molar-refractivity contribution < 1.29 is 0 Å². The topological polar surface area (TPSA) is 15.3 Å². The number of rotatable bonds is 7. The molecule has 0 fully saturated rings. The Balaban J connectivity index is 2.64. The Morgan fingerprint density at radius 2 is 1.74 bits per heavy atom. The summed E-state index contributed by atoms with van der Waals surface area (Å²) in [6.45, 7) is 7.77. The molecule has 1 aromatic rings. The van der Waals surface area contributed by atoms with Crippen LogP contribution >= 0.6 is 11.6 Å². The lowest BCUT2D eigenvalue weighted by molar-refractivity contribution is 0.218. The van der Waals surface area contributed by atoms with E-state index in [1.165, 1.54) is 5.56 Å². The van der Waals surface area contributed by atoms with E-state index in [1.807, 2.05) is 12.1 Å². The van der Waals surface area contributed by atoms with Gasteiger partial charge < -0.3 is 10.2 Å². The molecule has 0 saturated carbocycles. The van der Waals surface area contributed by atoms with Crippen LogP contribution in [0.15, 0.2) is 24.3 Å². The van der Waals surface area contributed by atoms with Gasteiger partial charge in [-0.2, -0.15) is 0 Å². The monoisotopic (exact) mass is 282 g/mol. The fourth-order valence-corrected chi connectivity index (χ4v) is 2.60. The fourth-order valence-electron chi connectivity index (χ4n) is 2.47. The van der Waals surface area contributed by atoms with Crippen molar-refractivity contribution in [2.45, 2.75) is 39.3 Å². The molecule has 0 spiro atoms. The number of nitrogens with one attached hydrogen (secondary N) is 1. The van der Waals surface area contributed by atoms with Crippen LogP contribution in [0.25, 0.3) is 0 Å². The quantitative estimate of drug-likeness (QED) is 0.814. The minimum atomic E-state index is 0.401. The van der Waals surface area contributed by atoms with Gasteiger partial charge >= 0.3 is 0 Å². The zero-order chi connectivity index (χ0) is 14.4. The van der Waals surface area contributed by atoms with Crippen molar-refractivity contribution in [2.75, 3.05) is 20.6 Å². The van der Waals surface area contributed by atoms with Crippen molar-refractivity contribution in [3.8, 4) is 0 Å². The minimum absolute atomic E-state index is 0.401. The summed E-state index contributed by atoms with van der Waals surface area (Å²) in [4.78, 5) is 2.30. The van der Waals surface area contributed by atoms with E-state index in [4.69, 9.17) is 11.6 Å². The van der Waals surface area contributed by atoms with Gasteiger partial charge in [0.2, 0.25) is 0 Å². The van der Waals surface area contributed by atoms with E-state index in [0.717, 1.165) is 18.0 Å². The molecule has 0 radical (unpaired) electrons. The number of benzene rings is 1. The van der Waals surface area contributed by atoms with Crippen LogP contribution in [0.3, 0.4) is 0 Å². The summed E-state index contributed by atoms with van der Waals surface area (Å²) in [5, 5.41) is 4.48. The molecular formula is C16H27ClN2. The Labute approximate surface area is 123 Å². The van der Waals surface area contributed by atoms with Crippen LogP contribution in [0.1, 0.15) is 38.8 Å². The summed E-state index contributed by atoms with van der Waals surface area (Å²) >= 11 is 5.94. The zero-order valence-electron chi connectivity index (χ0n) is 12.8. The highest BCUT2D eigenvalue weighted by molar-refractivity contribution is 6.30. The average Bonchev–Trinajstić information content (AvgIpc) is 2.35. The van der Waals surface area contributed by atoms with Gasteiger partial charge in [-0.15, -0.1) is 0 Å². The number of halogens is 1. The van der Waals surface area contributed by atoms with Crippen molar-refractivity contribution >= 4 is 11.6 Å². The molecular weight excluding hydrogens is 256 g/mol. The average molecular weight is 283 g/mol. The highest BCUT2D eigenvalue weighted by Gasteiger charge is 2.17. The van der Waals surface area contributed by atoms with E-state index in [9.17, 15) is 0 Å². The van der Waals surface area contributed by atoms with Crippen LogP contribution in [0.5, 0.6) is 0 Å². The Morgan fingerprint density at radius 1 is 1.16 bits per heavy atom. The Hall–Kier alpha value is -0.570. The molecule has 0 aliphatic heterocycles. The van der Waals surface area contributed by atoms with Gasteiger partial charge in [0, 0.05) is 23.7 Å². The van der Waals surface area contributed by atoms with Crippen molar-refractivity contribution in [1.82, 2.24) is 10.2 Å². The standard InChI is InChI=1S/C16H27ClN2/c1-6-15(13-7-9-14(17)10-8-13)18-11-16(12(2)3)19(4)5/h7-10,12,15-16,18H,6,11H2,1-5H3. The minimum Gasteiger partial charge on any atom is -0.308 e. The second-order valence-corrected chi connectivity index (χ2v) is 6.13. The lowest BCUT2D eigenvalue weighted by atomic mass is 10.0. The van der Waals surface area contributed by atoms with Gasteiger partial charge in [0.1, 0.15) is 0 Å². The summed E-state index contributed by atoms with van der Waals surface area (Å²) in [6.07, 6.45) is 1.08. The first kappa shape index (κ1) is 16.5. The third-order valence-corrected chi connectivity index (χ3v) is 3.94. The molecule has 0 bridgehead atoms. The van der Waals surface area contributed by atoms with Crippen molar-refractivity contribution in [1.29, 1.82) is 0 Å². The molecule has 0 aliphatic rings. The van der Waals surface area contributed by atoms with E-state index in [2.05, 4.69) is 57.2 Å². The number of likely N-dealkylation sites (N-methyl/N-ethyl adjacent to an activating group) is 1. The van der Waals surface area contributed by atoms with Crippen LogP contribution < -0.4 is 5.32 Å². The van der Waals surface area contributed by atoms with Gasteiger partial charge in [0.05, 0.1) is 0 Å². The zero-order valence-corrected chi connectivity index (χ0v) is 13.5. The summed E-state index contributed by atoms with van der Waals surface area (Å²) in [5.41, 5.74) is 1.31. The number of hydrogen-bond donors (Lipinski definition) is 1. The highest BCUT2D eigenvalue weighted by Crippen LogP contribution is 2.19. The summed E-state index contributed by atoms with van der Waals surface area (Å²) in [6, 6.07) is 9.12. The number of nitrogens with zero attached hydrogens (tertiary/aromatic N) is 1. The maximum atomic E-state index is 5.94. The molecule has 0 amide bonds. The molecule has 0 heterocycles. The van der Waals surface area contributed by atoms with Gasteiger partial charge in [-0.25, -0.2) is 0 Å². The van der Waals surface area contributed by atoms with Crippen molar-refractivity contribution in [3.05, 3.63) is 34.9 Å². The lowest BCUT2D eigenvalue weighted by Crippen LogP contribution is -2.42. The molecule has 2 nitrogen and oxygen atoms in total. The summed E-state index contributed by atoms with van der Waals surface area (Å²) in [5.74, 6) is 0.644. The van der Waals surface area contributed by atoms with Crippen molar-refractivity contribution in [2.24, 2.45) is 5.92 Å². The first-order valence-electron chi connectivity index (χ1n) is 7.11. The molecule has 1 rings (SSSR count). The second kappa shape index (κ2) is 7.88. The van der Waals surface area contributed by atoms with E-state index in [-0.39, 0.29) is 0 Å². The highest BCUT2D eigenvalue weighted by atomic mass is 35.5. The van der Waals surface area contributed by atoms with Gasteiger partial charge in [0.25, 0.3) is 0 Å². The Kier molecular flexibility index (Phi) is 6.84. The van der Waals surface area contributed by atoms with Crippen LogP contribution in [0.2, 0.25) is 5.02 Å². The molecule has 3 heteroatoms. The lowest BCUT2D eigenvalue weighted by Gasteiger charge is -2.30. The predicted octanol–water partition coefficient (Wildman–Crippen LogP) is 3.97. The first-order chi connectivity index (χ1) is 8.95. The van der Waals surface area contributed by atoms with Crippen LogP contribution in [0, 0.1) is 5.92 Å². The molecule has 108 valence electrons. The van der Waals surface area contributed by atoms with Crippen molar-refractivity contribution in [3.63, 3.8) is 0 Å². The molecule has 0 aromatic heterocycles. The normalized spacial score (nSPS) is 14.9. The first-order valence-corrected chi connectivity index (χ1v) is 7.48. The van der Waals surface area contributed by atoms with E-state index < -0.39 is 0 Å². The van der Waals surface area contributed by atoms with Gasteiger partial charge in [-0.05, 0) is 44.1 Å².